The number of fused-ring (bicyclic) bond motifs is 9. The van der Waals surface area contributed by atoms with Crippen molar-refractivity contribution in [1.82, 2.24) is 4.57 Å². The highest BCUT2D eigenvalue weighted by Crippen LogP contribution is 2.49. The van der Waals surface area contributed by atoms with E-state index in [-0.39, 0.29) is 0 Å². The van der Waals surface area contributed by atoms with Crippen molar-refractivity contribution >= 4 is 44.0 Å². The fraction of sp³-hybridized carbons (Fsp3) is 0. The maximum atomic E-state index is 3.72. The minimum Gasteiger partial charge on any atom is -0.355 e. The second kappa shape index (κ2) is 12.2. The van der Waals surface area contributed by atoms with Gasteiger partial charge in [0, 0.05) is 38.8 Å². The molecule has 0 aliphatic carbocycles. The average Bonchev–Trinajstić information content (AvgIpc) is 3.52. The van der Waals surface area contributed by atoms with Gasteiger partial charge in [0.25, 0.3) is 0 Å². The first-order chi connectivity index (χ1) is 26.8. The molecular formula is C52H34N2. The zero-order valence-corrected chi connectivity index (χ0v) is 29.5. The molecule has 0 radical (unpaired) electrons. The lowest BCUT2D eigenvalue weighted by Gasteiger charge is -2.15. The zero-order valence-electron chi connectivity index (χ0n) is 29.5. The summed E-state index contributed by atoms with van der Waals surface area (Å²) in [4.78, 5) is 0. The van der Waals surface area contributed by atoms with Gasteiger partial charge in [0.05, 0.1) is 16.7 Å². The Hall–Kier alpha value is -7.16. The van der Waals surface area contributed by atoms with Crippen LogP contribution in [0.2, 0.25) is 0 Å². The molecule has 11 rings (SSSR count). The van der Waals surface area contributed by atoms with Gasteiger partial charge in [-0.15, -0.1) is 0 Å². The molecule has 2 heteroatoms. The fourth-order valence-electron chi connectivity index (χ4n) is 8.54. The zero-order chi connectivity index (χ0) is 35.6. The lowest BCUT2D eigenvalue weighted by Crippen LogP contribution is -1.96. The summed E-state index contributed by atoms with van der Waals surface area (Å²) in [6.45, 7) is 0. The summed E-state index contributed by atoms with van der Waals surface area (Å²) in [6, 6.07) is 72.9. The Balaban J connectivity index is 1.06. The van der Waals surface area contributed by atoms with Crippen LogP contribution in [0.15, 0.2) is 200 Å². The predicted octanol–water partition coefficient (Wildman–Crippen LogP) is 14.3. The van der Waals surface area contributed by atoms with Gasteiger partial charge in [0.15, 0.2) is 0 Å². The van der Waals surface area contributed by atoms with Gasteiger partial charge in [0.1, 0.15) is 0 Å². The molecule has 0 unspecified atom stereocenters. The molecule has 10 aromatic rings. The molecule has 2 nitrogen and oxygen atoms in total. The van der Waals surface area contributed by atoms with Crippen molar-refractivity contribution in [3.05, 3.63) is 200 Å². The van der Waals surface area contributed by atoms with Gasteiger partial charge in [-0.25, -0.2) is 0 Å². The number of para-hydroxylation sites is 2. The minimum absolute atomic E-state index is 1.06. The number of nitrogens with one attached hydrogen (secondary N) is 1. The molecule has 2 heterocycles. The molecule has 1 N–H and O–H groups in total. The van der Waals surface area contributed by atoms with Crippen LogP contribution in [0, 0.1) is 0 Å². The predicted molar refractivity (Wildman–Crippen MR) is 229 cm³/mol. The second-order valence-electron chi connectivity index (χ2n) is 14.2. The number of rotatable bonds is 5. The minimum atomic E-state index is 1.06. The third-order valence-corrected chi connectivity index (χ3v) is 11.1. The van der Waals surface area contributed by atoms with Gasteiger partial charge < -0.3 is 9.88 Å². The monoisotopic (exact) mass is 686 g/mol. The van der Waals surface area contributed by atoms with E-state index in [4.69, 9.17) is 0 Å². The molecule has 54 heavy (non-hydrogen) atoms. The van der Waals surface area contributed by atoms with Gasteiger partial charge in [0.2, 0.25) is 0 Å². The van der Waals surface area contributed by atoms with E-state index in [2.05, 4.69) is 210 Å². The van der Waals surface area contributed by atoms with Crippen molar-refractivity contribution in [2.75, 3.05) is 5.32 Å². The Labute approximate surface area is 314 Å². The van der Waals surface area contributed by atoms with Crippen LogP contribution in [0.25, 0.3) is 93.9 Å². The van der Waals surface area contributed by atoms with Crippen LogP contribution >= 0.6 is 0 Å². The number of hydrogen-bond acceptors (Lipinski definition) is 1. The molecule has 0 saturated heterocycles. The fourth-order valence-corrected chi connectivity index (χ4v) is 8.54. The summed E-state index contributed by atoms with van der Waals surface area (Å²) >= 11 is 0. The molecule has 1 aliphatic heterocycles. The quantitative estimate of drug-likeness (QED) is 0.191. The van der Waals surface area contributed by atoms with Crippen LogP contribution in [0.3, 0.4) is 0 Å². The lowest BCUT2D eigenvalue weighted by molar-refractivity contribution is 1.19. The second-order valence-corrected chi connectivity index (χ2v) is 14.2. The van der Waals surface area contributed by atoms with Crippen molar-refractivity contribution in [2.24, 2.45) is 0 Å². The van der Waals surface area contributed by atoms with Gasteiger partial charge in [-0.1, -0.05) is 146 Å². The van der Waals surface area contributed by atoms with E-state index in [1.54, 1.807) is 0 Å². The Bertz CT molecular complexity index is 3060. The summed E-state index contributed by atoms with van der Waals surface area (Å²) in [5.41, 5.74) is 18.0. The van der Waals surface area contributed by atoms with E-state index >= 15 is 0 Å². The Morgan fingerprint density at radius 3 is 1.80 bits per heavy atom. The van der Waals surface area contributed by atoms with E-state index in [1.807, 2.05) is 0 Å². The Morgan fingerprint density at radius 1 is 0.333 bits per heavy atom. The van der Waals surface area contributed by atoms with Crippen LogP contribution in [0.4, 0.5) is 11.4 Å². The number of benzene rings is 9. The molecule has 1 aliphatic rings. The molecule has 0 fully saturated rings. The number of aromatic nitrogens is 1. The molecule has 1 aromatic heterocycles. The van der Waals surface area contributed by atoms with E-state index in [0.29, 0.717) is 0 Å². The van der Waals surface area contributed by atoms with Gasteiger partial charge >= 0.3 is 0 Å². The molecular weight excluding hydrogens is 653 g/mol. The lowest BCUT2D eigenvalue weighted by atomic mass is 9.90. The number of anilines is 2. The maximum Gasteiger partial charge on any atom is 0.0620 e. The average molecular weight is 687 g/mol. The molecule has 0 spiro atoms. The molecule has 0 atom stereocenters. The van der Waals surface area contributed by atoms with Crippen molar-refractivity contribution in [2.45, 2.75) is 0 Å². The Morgan fingerprint density at radius 2 is 0.963 bits per heavy atom. The molecule has 9 aromatic carbocycles. The normalized spacial score (nSPS) is 11.7. The summed E-state index contributed by atoms with van der Waals surface area (Å²) in [5.74, 6) is 0. The van der Waals surface area contributed by atoms with E-state index < -0.39 is 0 Å². The van der Waals surface area contributed by atoms with Crippen molar-refractivity contribution in [1.29, 1.82) is 0 Å². The van der Waals surface area contributed by atoms with Crippen LogP contribution < -0.4 is 5.32 Å². The first kappa shape index (κ1) is 30.5. The highest BCUT2D eigenvalue weighted by Gasteiger charge is 2.25. The van der Waals surface area contributed by atoms with Gasteiger partial charge in [-0.05, 0) is 104 Å². The summed E-state index contributed by atoms with van der Waals surface area (Å²) in [7, 11) is 0. The molecule has 0 amide bonds. The molecule has 0 bridgehead atoms. The van der Waals surface area contributed by atoms with Gasteiger partial charge in [-0.3, -0.25) is 0 Å². The highest BCUT2D eigenvalue weighted by molar-refractivity contribution is 6.18. The number of nitrogens with zero attached hydrogens (tertiary/aromatic N) is 1. The highest BCUT2D eigenvalue weighted by atomic mass is 15.0. The van der Waals surface area contributed by atoms with Crippen LogP contribution in [0.1, 0.15) is 0 Å². The van der Waals surface area contributed by atoms with E-state index in [9.17, 15) is 0 Å². The third-order valence-electron chi connectivity index (χ3n) is 11.1. The van der Waals surface area contributed by atoms with Crippen LogP contribution in [-0.2, 0) is 0 Å². The molecule has 0 saturated carbocycles. The van der Waals surface area contributed by atoms with Crippen molar-refractivity contribution < 1.29 is 0 Å². The summed E-state index contributed by atoms with van der Waals surface area (Å²) in [5, 5.41) is 8.74. The van der Waals surface area contributed by atoms with Crippen molar-refractivity contribution in [3.63, 3.8) is 0 Å². The van der Waals surface area contributed by atoms with Crippen LogP contribution in [-0.4, -0.2) is 4.57 Å². The number of hydrogen-bond donors (Lipinski definition) is 1. The third kappa shape index (κ3) is 4.88. The maximum absolute atomic E-state index is 3.72. The first-order valence-electron chi connectivity index (χ1n) is 18.6. The molecule has 252 valence electrons. The largest absolute Gasteiger partial charge is 0.355 e. The van der Waals surface area contributed by atoms with Crippen molar-refractivity contribution in [3.8, 4) is 61.3 Å². The topological polar surface area (TPSA) is 17.0 Å². The van der Waals surface area contributed by atoms with Crippen LogP contribution in [0.5, 0.6) is 0 Å². The van der Waals surface area contributed by atoms with E-state index in [1.165, 1.54) is 88.3 Å². The summed E-state index contributed by atoms with van der Waals surface area (Å²) in [6.07, 6.45) is 0. The van der Waals surface area contributed by atoms with Gasteiger partial charge in [-0.2, -0.15) is 0 Å². The summed E-state index contributed by atoms with van der Waals surface area (Å²) < 4.78 is 2.51. The first-order valence-corrected chi connectivity index (χ1v) is 18.6. The smallest absolute Gasteiger partial charge is 0.0620 e. The SMILES string of the molecule is c1ccc(-c2ccc(Nc3ccccc3-c3cccc(-c4cc5c6c(c4)c4ccccc4n6-c4cc6ccccc6cc4-c4ccccc4-5)c3)cc2)cc1. The standard InChI is InChI=1S/C52H34N2/c1-2-13-34(14-3-1)35-25-27-41(28-26-35)53-49-23-10-8-19-42(49)39-18-12-17-36(29-39)40-31-47-44-21-7-6-20-43(44)46-30-37-15-4-5-16-38(37)33-51(46)54-50-24-11-9-22-45(50)48(32-40)52(47)54/h1-33,53H. The Kier molecular flexibility index (Phi) is 6.90. The van der Waals surface area contributed by atoms with E-state index in [0.717, 1.165) is 16.9 Å².